The Morgan fingerprint density at radius 1 is 0.473 bits per heavy atom. The Morgan fingerprint density at radius 2 is 0.689 bits per heavy atom. The molecule has 0 atom stereocenters. The number of carbonyl (C=O) groups is 5. The zero-order valence-electron chi connectivity index (χ0n) is 40.9. The average molecular weight is 1370 g/mol. The van der Waals surface area contributed by atoms with Crippen molar-refractivity contribution in [3.05, 3.63) is 196 Å². The summed E-state index contributed by atoms with van der Waals surface area (Å²) in [4.78, 5) is 69.9. The summed E-state index contributed by atoms with van der Waals surface area (Å²) in [6.45, 7) is 7.77. The number of hydrogen-bond acceptors (Lipinski definition) is 9. The molecule has 7 rings (SSSR count). The normalized spacial score (nSPS) is 9.78. The monoisotopic (exact) mass is 1370 g/mol. The molecule has 0 saturated carbocycles. The van der Waals surface area contributed by atoms with Crippen molar-refractivity contribution in [2.75, 3.05) is 0 Å². The van der Waals surface area contributed by atoms with Crippen LogP contribution in [-0.4, -0.2) is 50.7 Å². The molecule has 0 bridgehead atoms. The zero-order valence-corrected chi connectivity index (χ0v) is 45.7. The first-order valence-electron chi connectivity index (χ1n) is 22.1. The topological polar surface area (TPSA) is 141 Å². The predicted molar refractivity (Wildman–Crippen MR) is 260 cm³/mol. The molecular weight excluding hydrogens is 1320 g/mol. The number of ketones is 4. The van der Waals surface area contributed by atoms with E-state index in [0.29, 0.717) is 55.6 Å². The molecule has 0 aliphatic carbocycles. The maximum Gasteiger partial charge on any atom is 3.00 e. The molecule has 1 radical (unpaired) electrons. The molecule has 17 heteroatoms. The molecule has 0 fully saturated rings. The Morgan fingerprint density at radius 3 is 0.865 bits per heavy atom. The smallest absolute Gasteiger partial charge is 0.542 e. The number of carbonyl (C=O) groups excluding carboxylic acids is 6. The molecule has 3 heterocycles. The standard InChI is InChI=1S/C45H30F6N3.2C4H6O2.C2H4O.C2H3O.2Ir/c46-34-10-13-37(40(49)22-34)43-16-7-28(25-52-43)1-4-31-19-32(5-2-29-8-17-44(53-26-29)38-14-11-35(47)23-41(38)50)21-33(20-31)6-3-30-9-18-45(54-27-30)39-15-12-36(48)24-42(39)51;2*1-3(5)4(2)6;2*1-2-3;;/h7-12,16-27H,1-6H2;2*1-2H3;2H,1H3;1H3;;/q-3;;;;-1;;+3. The number of aromatic nitrogens is 3. The summed E-state index contributed by atoms with van der Waals surface area (Å²) in [5.74, 6) is -5.79. The molecule has 0 amide bonds. The second kappa shape index (κ2) is 33.9. The SMILES string of the molecule is CC(=O)C(C)=O.CC(=O)C(C)=O.CC=O.C[C-]=O.Fc1c[c-]c(-c2ccc(CCc3cc(CCc4ccc(-c5[c-]cc(F)cc5F)nc4)cc(CCc4ccc(-c5[c-]cc(F)cc5F)nc4)c3)cn2)c(F)c1.[Ir+3].[Ir]. The van der Waals surface area contributed by atoms with E-state index in [9.17, 15) is 45.5 Å². The summed E-state index contributed by atoms with van der Waals surface area (Å²) in [7, 11) is 0. The molecule has 9 nitrogen and oxygen atoms in total. The quantitative estimate of drug-likeness (QED) is 0.0450. The zero-order chi connectivity index (χ0) is 53.3. The fourth-order valence-electron chi connectivity index (χ4n) is 6.22. The number of nitrogens with zero attached hydrogens (tertiary/aromatic N) is 3. The molecule has 3 aromatic heterocycles. The van der Waals surface area contributed by atoms with Gasteiger partial charge in [0.1, 0.15) is 6.29 Å². The fourth-order valence-corrected chi connectivity index (χ4v) is 6.22. The number of rotatable bonds is 14. The van der Waals surface area contributed by atoms with Crippen molar-refractivity contribution in [3.8, 4) is 33.8 Å². The van der Waals surface area contributed by atoms with E-state index in [1.807, 2.05) is 18.2 Å². The van der Waals surface area contributed by atoms with Gasteiger partial charge in [-0.15, -0.1) is 36.4 Å². The molecule has 389 valence electrons. The van der Waals surface area contributed by atoms with Gasteiger partial charge in [0.05, 0.1) is 0 Å². The minimum absolute atomic E-state index is 0. The second-order valence-corrected chi connectivity index (χ2v) is 15.6. The molecule has 0 spiro atoms. The first kappa shape index (κ1) is 65.2. The Kier molecular flexibility index (Phi) is 29.9. The molecule has 0 N–H and O–H groups in total. The summed E-state index contributed by atoms with van der Waals surface area (Å²) in [6.07, 6.45) is 11.5. The van der Waals surface area contributed by atoms with Crippen molar-refractivity contribution in [2.45, 2.75) is 80.1 Å². The minimum atomic E-state index is -0.724. The Labute approximate surface area is 453 Å². The number of aldehydes is 1. The van der Waals surface area contributed by atoms with Crippen LogP contribution in [0.15, 0.2) is 110 Å². The fraction of sp³-hybridized carbons (Fsp3) is 0.211. The van der Waals surface area contributed by atoms with Gasteiger partial charge in [-0.3, -0.25) is 51.8 Å². The van der Waals surface area contributed by atoms with Gasteiger partial charge in [-0.2, -0.15) is 6.92 Å². The Hall–Kier alpha value is -6.77. The van der Waals surface area contributed by atoms with E-state index >= 15 is 0 Å². The van der Waals surface area contributed by atoms with Crippen LogP contribution in [0.3, 0.4) is 0 Å². The molecule has 0 unspecified atom stereocenters. The minimum Gasteiger partial charge on any atom is -0.542 e. The van der Waals surface area contributed by atoms with Crippen LogP contribution < -0.4 is 0 Å². The van der Waals surface area contributed by atoms with Crippen LogP contribution >= 0.6 is 0 Å². The van der Waals surface area contributed by atoms with Gasteiger partial charge >= 0.3 is 20.1 Å². The summed E-state index contributed by atoms with van der Waals surface area (Å²) in [5.41, 5.74) is 7.65. The van der Waals surface area contributed by atoms with Crippen LogP contribution in [0.2, 0.25) is 0 Å². The molecule has 0 saturated heterocycles. The molecule has 0 aliphatic heterocycles. The van der Waals surface area contributed by atoms with Gasteiger partial charge in [-0.25, -0.2) is 0 Å². The summed E-state index contributed by atoms with van der Waals surface area (Å²) >= 11 is 0. The van der Waals surface area contributed by atoms with Crippen LogP contribution in [0.1, 0.15) is 74.9 Å². The maximum atomic E-state index is 14.3. The molecule has 0 aliphatic rings. The number of pyridine rings is 3. The van der Waals surface area contributed by atoms with E-state index in [2.05, 4.69) is 51.4 Å². The molecular formula is C57H49F6Ir2N3O6-. The van der Waals surface area contributed by atoms with Gasteiger partial charge in [0, 0.05) is 101 Å². The Balaban J connectivity index is 0.00000119. The molecule has 74 heavy (non-hydrogen) atoms. The van der Waals surface area contributed by atoms with Crippen LogP contribution in [0.4, 0.5) is 26.3 Å². The van der Waals surface area contributed by atoms with Gasteiger partial charge < -0.3 is 24.5 Å². The van der Waals surface area contributed by atoms with Crippen molar-refractivity contribution in [1.82, 2.24) is 15.0 Å². The van der Waals surface area contributed by atoms with Crippen LogP contribution in [0.5, 0.6) is 0 Å². The van der Waals surface area contributed by atoms with E-state index in [4.69, 9.17) is 9.59 Å². The largest absolute Gasteiger partial charge is 3.00 e. The van der Waals surface area contributed by atoms with Crippen LogP contribution in [0.25, 0.3) is 33.8 Å². The van der Waals surface area contributed by atoms with Gasteiger partial charge in [0.2, 0.25) is 0 Å². The molecule has 4 aromatic carbocycles. The van der Waals surface area contributed by atoms with Crippen LogP contribution in [0, 0.1) is 53.1 Å². The summed E-state index contributed by atoms with van der Waals surface area (Å²) in [6, 6.07) is 30.7. The van der Waals surface area contributed by atoms with Crippen LogP contribution in [-0.2, 0) is 108 Å². The van der Waals surface area contributed by atoms with Crippen molar-refractivity contribution in [1.29, 1.82) is 0 Å². The number of aryl methyl sites for hydroxylation is 6. The van der Waals surface area contributed by atoms with Crippen molar-refractivity contribution in [3.63, 3.8) is 0 Å². The van der Waals surface area contributed by atoms with E-state index in [-0.39, 0.29) is 80.0 Å². The third-order valence-corrected chi connectivity index (χ3v) is 10.0. The van der Waals surface area contributed by atoms with Gasteiger partial charge in [0.25, 0.3) is 0 Å². The second-order valence-electron chi connectivity index (χ2n) is 15.6. The average Bonchev–Trinajstić information content (AvgIpc) is 3.34. The summed E-state index contributed by atoms with van der Waals surface area (Å²) < 4.78 is 82.9. The van der Waals surface area contributed by atoms with E-state index in [0.717, 1.165) is 76.1 Å². The van der Waals surface area contributed by atoms with E-state index in [1.165, 1.54) is 47.8 Å². The number of benzene rings is 4. The Bertz CT molecular complexity index is 2620. The summed E-state index contributed by atoms with van der Waals surface area (Å²) in [5, 5.41) is 0. The number of hydrogen-bond donors (Lipinski definition) is 0. The van der Waals surface area contributed by atoms with Crippen molar-refractivity contribution < 1.29 is 95.3 Å². The number of halogens is 6. The van der Waals surface area contributed by atoms with Gasteiger partial charge in [0.15, 0.2) is 23.1 Å². The number of Topliss-reactive ketones (excluding diaryl/α,β-unsaturated/α-hetero) is 4. The van der Waals surface area contributed by atoms with Crippen molar-refractivity contribution in [2.24, 2.45) is 0 Å². The van der Waals surface area contributed by atoms with E-state index < -0.39 is 34.9 Å². The maximum absolute atomic E-state index is 14.3. The first-order chi connectivity index (χ1) is 34.3. The van der Waals surface area contributed by atoms with E-state index in [1.54, 1.807) is 36.8 Å². The predicted octanol–water partition coefficient (Wildman–Crippen LogP) is 11.1. The van der Waals surface area contributed by atoms with Crippen molar-refractivity contribution >= 4 is 35.7 Å². The van der Waals surface area contributed by atoms with Gasteiger partial charge in [-0.05, 0) is 95.9 Å². The van der Waals surface area contributed by atoms with Gasteiger partial charge in [-0.1, -0.05) is 89.5 Å². The first-order valence-corrected chi connectivity index (χ1v) is 22.1. The molecule has 7 aromatic rings. The third kappa shape index (κ3) is 22.6. The third-order valence-electron chi connectivity index (χ3n) is 10.0.